The molecule has 0 saturated heterocycles. The van der Waals surface area contributed by atoms with E-state index in [0.717, 1.165) is 5.92 Å². The fourth-order valence-corrected chi connectivity index (χ4v) is 3.56. The molecule has 2 heteroatoms. The van der Waals surface area contributed by atoms with Gasteiger partial charge < -0.3 is 0 Å². The molecule has 66 valence electrons. The predicted octanol–water partition coefficient (Wildman–Crippen LogP) is 4.54. The molecule has 3 rings (SSSR count). The first kappa shape index (κ1) is 8.01. The Hall–Kier alpha value is -0.340. The average molecular weight is 253 g/mol. The second kappa shape index (κ2) is 2.82. The molecule has 1 aromatic carbocycles. The van der Waals surface area contributed by atoms with Crippen LogP contribution in [0.4, 0.5) is 0 Å². The van der Waals surface area contributed by atoms with Gasteiger partial charge in [-0.15, -0.1) is 11.3 Å². The minimum absolute atomic E-state index is 0.854. The van der Waals surface area contributed by atoms with Gasteiger partial charge in [-0.3, -0.25) is 0 Å². The van der Waals surface area contributed by atoms with E-state index in [9.17, 15) is 0 Å². The summed E-state index contributed by atoms with van der Waals surface area (Å²) in [5.74, 6) is 0.854. The van der Waals surface area contributed by atoms with Gasteiger partial charge in [-0.05, 0) is 41.8 Å². The van der Waals surface area contributed by atoms with Gasteiger partial charge >= 0.3 is 0 Å². The zero-order valence-corrected chi connectivity index (χ0v) is 9.49. The monoisotopic (exact) mass is 252 g/mol. The van der Waals surface area contributed by atoms with Crippen LogP contribution in [0.25, 0.3) is 10.1 Å². The second-order valence-corrected chi connectivity index (χ2v) is 5.34. The van der Waals surface area contributed by atoms with E-state index in [1.165, 1.54) is 27.4 Å². The third kappa shape index (κ3) is 1.24. The summed E-state index contributed by atoms with van der Waals surface area (Å²) in [4.78, 5) is 0. The van der Waals surface area contributed by atoms with Crippen LogP contribution in [-0.2, 0) is 0 Å². The number of halogens is 1. The largest absolute Gasteiger partial charge is 0.143 e. The van der Waals surface area contributed by atoms with E-state index in [2.05, 4.69) is 39.5 Å². The fourth-order valence-electron chi connectivity index (χ4n) is 1.76. The van der Waals surface area contributed by atoms with Crippen molar-refractivity contribution in [3.05, 3.63) is 33.6 Å². The highest BCUT2D eigenvalue weighted by molar-refractivity contribution is 9.10. The Morgan fingerprint density at radius 1 is 1.31 bits per heavy atom. The van der Waals surface area contributed by atoms with Crippen molar-refractivity contribution in [2.45, 2.75) is 18.8 Å². The van der Waals surface area contributed by atoms with Crippen LogP contribution in [0, 0.1) is 0 Å². The van der Waals surface area contributed by atoms with Crippen molar-refractivity contribution in [2.24, 2.45) is 0 Å². The maximum atomic E-state index is 3.63. The molecule has 0 bridgehead atoms. The Morgan fingerprint density at radius 2 is 2.15 bits per heavy atom. The van der Waals surface area contributed by atoms with E-state index in [0.29, 0.717) is 0 Å². The number of hydrogen-bond donors (Lipinski definition) is 0. The number of thiophene rings is 1. The first-order valence-corrected chi connectivity index (χ1v) is 6.19. The highest BCUT2D eigenvalue weighted by Crippen LogP contribution is 2.46. The predicted molar refractivity (Wildman–Crippen MR) is 61.5 cm³/mol. The quantitative estimate of drug-likeness (QED) is 0.699. The van der Waals surface area contributed by atoms with Gasteiger partial charge in [0.25, 0.3) is 0 Å². The van der Waals surface area contributed by atoms with E-state index in [1.54, 1.807) is 5.56 Å². The molecule has 1 fully saturated rings. The molecular formula is C11H9BrS. The molecule has 0 atom stereocenters. The molecule has 0 N–H and O–H groups in total. The number of rotatable bonds is 1. The standard InChI is InChI=1S/C11H9BrS/c12-9-2-1-3-10-11(9)8(6-13-10)7-4-5-7/h1-3,6-7H,4-5H2. The molecule has 0 radical (unpaired) electrons. The number of hydrogen-bond acceptors (Lipinski definition) is 1. The van der Waals surface area contributed by atoms with Gasteiger partial charge in [-0.1, -0.05) is 22.0 Å². The summed E-state index contributed by atoms with van der Waals surface area (Å²) in [6.45, 7) is 0. The van der Waals surface area contributed by atoms with E-state index >= 15 is 0 Å². The van der Waals surface area contributed by atoms with Crippen LogP contribution in [0.2, 0.25) is 0 Å². The van der Waals surface area contributed by atoms with Gasteiger partial charge in [0.05, 0.1) is 0 Å². The molecule has 1 heterocycles. The minimum atomic E-state index is 0.854. The lowest BCUT2D eigenvalue weighted by Crippen LogP contribution is -1.75. The van der Waals surface area contributed by atoms with Gasteiger partial charge in [0, 0.05) is 14.6 Å². The molecule has 0 spiro atoms. The van der Waals surface area contributed by atoms with Crippen molar-refractivity contribution in [3.63, 3.8) is 0 Å². The Kier molecular flexibility index (Phi) is 1.74. The van der Waals surface area contributed by atoms with Gasteiger partial charge in [0.15, 0.2) is 0 Å². The molecule has 1 aliphatic rings. The highest BCUT2D eigenvalue weighted by atomic mass is 79.9. The highest BCUT2D eigenvalue weighted by Gasteiger charge is 2.26. The van der Waals surface area contributed by atoms with Crippen molar-refractivity contribution >= 4 is 37.4 Å². The lowest BCUT2D eigenvalue weighted by atomic mass is 10.1. The molecule has 1 saturated carbocycles. The van der Waals surface area contributed by atoms with Crippen LogP contribution < -0.4 is 0 Å². The van der Waals surface area contributed by atoms with Gasteiger partial charge in [0.1, 0.15) is 0 Å². The summed E-state index contributed by atoms with van der Waals surface area (Å²) in [6.07, 6.45) is 2.76. The second-order valence-electron chi connectivity index (χ2n) is 3.58. The van der Waals surface area contributed by atoms with Gasteiger partial charge in [0.2, 0.25) is 0 Å². The van der Waals surface area contributed by atoms with Crippen LogP contribution in [0.5, 0.6) is 0 Å². The lowest BCUT2D eigenvalue weighted by molar-refractivity contribution is 1.16. The lowest BCUT2D eigenvalue weighted by Gasteiger charge is -1.97. The smallest absolute Gasteiger partial charge is 0.0357 e. The van der Waals surface area contributed by atoms with Crippen molar-refractivity contribution < 1.29 is 0 Å². The minimum Gasteiger partial charge on any atom is -0.143 e. The summed E-state index contributed by atoms with van der Waals surface area (Å²) in [5, 5.41) is 3.78. The summed E-state index contributed by atoms with van der Waals surface area (Å²) in [5.41, 5.74) is 1.56. The molecule has 0 nitrogen and oxygen atoms in total. The summed E-state index contributed by atoms with van der Waals surface area (Å²) >= 11 is 5.50. The molecule has 1 aromatic heterocycles. The summed E-state index contributed by atoms with van der Waals surface area (Å²) < 4.78 is 2.67. The van der Waals surface area contributed by atoms with Crippen LogP contribution in [-0.4, -0.2) is 0 Å². The average Bonchev–Trinajstić information content (AvgIpc) is 2.87. The van der Waals surface area contributed by atoms with Gasteiger partial charge in [-0.2, -0.15) is 0 Å². The fraction of sp³-hybridized carbons (Fsp3) is 0.273. The summed E-state index contributed by atoms with van der Waals surface area (Å²) in [6, 6.07) is 6.46. The van der Waals surface area contributed by atoms with E-state index in [-0.39, 0.29) is 0 Å². The molecule has 0 aliphatic heterocycles. The maximum Gasteiger partial charge on any atom is 0.0357 e. The number of fused-ring (bicyclic) bond motifs is 1. The van der Waals surface area contributed by atoms with Crippen LogP contribution in [0.3, 0.4) is 0 Å². The van der Waals surface area contributed by atoms with Crippen LogP contribution in [0.1, 0.15) is 24.3 Å². The molecule has 13 heavy (non-hydrogen) atoms. The Labute approximate surface area is 89.7 Å². The van der Waals surface area contributed by atoms with Crippen LogP contribution in [0.15, 0.2) is 28.1 Å². The molecule has 1 aliphatic carbocycles. The van der Waals surface area contributed by atoms with Crippen molar-refractivity contribution in [2.75, 3.05) is 0 Å². The van der Waals surface area contributed by atoms with Crippen molar-refractivity contribution in [1.29, 1.82) is 0 Å². The first-order chi connectivity index (χ1) is 6.36. The van der Waals surface area contributed by atoms with Crippen LogP contribution >= 0.6 is 27.3 Å². The SMILES string of the molecule is Brc1cccc2scc(C3CC3)c12. The van der Waals surface area contributed by atoms with E-state index < -0.39 is 0 Å². The zero-order chi connectivity index (χ0) is 8.84. The van der Waals surface area contributed by atoms with Crippen molar-refractivity contribution in [1.82, 2.24) is 0 Å². The van der Waals surface area contributed by atoms with E-state index in [1.807, 2.05) is 11.3 Å². The molecule has 2 aromatic rings. The first-order valence-electron chi connectivity index (χ1n) is 4.52. The Balaban J connectivity index is 2.34. The molecular weight excluding hydrogens is 244 g/mol. The Bertz CT molecular complexity index is 454. The molecule has 0 amide bonds. The summed E-state index contributed by atoms with van der Waals surface area (Å²) in [7, 11) is 0. The van der Waals surface area contributed by atoms with Crippen molar-refractivity contribution in [3.8, 4) is 0 Å². The number of benzene rings is 1. The van der Waals surface area contributed by atoms with E-state index in [4.69, 9.17) is 0 Å². The third-order valence-corrected chi connectivity index (χ3v) is 4.22. The Morgan fingerprint density at radius 3 is 2.92 bits per heavy atom. The normalized spacial score (nSPS) is 16.7. The third-order valence-electron chi connectivity index (χ3n) is 2.59. The zero-order valence-electron chi connectivity index (χ0n) is 7.09. The molecule has 0 unspecified atom stereocenters. The maximum absolute atomic E-state index is 3.63. The van der Waals surface area contributed by atoms with Gasteiger partial charge in [-0.25, -0.2) is 0 Å². The topological polar surface area (TPSA) is 0 Å².